The average molecular weight is 358 g/mol. The number of nitrogens with zero attached hydrogens (tertiary/aromatic N) is 3. The zero-order valence-electron chi connectivity index (χ0n) is 15.2. The van der Waals surface area contributed by atoms with Gasteiger partial charge in [-0.3, -0.25) is 4.79 Å². The third-order valence-corrected chi connectivity index (χ3v) is 4.74. The molecule has 2 N–H and O–H groups in total. The summed E-state index contributed by atoms with van der Waals surface area (Å²) in [6.07, 6.45) is 2.83. The highest BCUT2D eigenvalue weighted by molar-refractivity contribution is 5.76. The van der Waals surface area contributed by atoms with E-state index in [0.717, 1.165) is 37.2 Å². The second-order valence-corrected chi connectivity index (χ2v) is 6.53. The van der Waals surface area contributed by atoms with Crippen LogP contribution in [0, 0.1) is 5.92 Å². The Morgan fingerprint density at radius 1 is 1.31 bits per heavy atom. The van der Waals surface area contributed by atoms with Crippen molar-refractivity contribution in [1.29, 1.82) is 0 Å². The molecule has 0 bridgehead atoms. The predicted molar refractivity (Wildman–Crippen MR) is 97.6 cm³/mol. The van der Waals surface area contributed by atoms with Gasteiger partial charge in [-0.25, -0.2) is 0 Å². The van der Waals surface area contributed by atoms with Crippen molar-refractivity contribution in [3.05, 3.63) is 30.2 Å². The van der Waals surface area contributed by atoms with E-state index < -0.39 is 0 Å². The average Bonchev–Trinajstić information content (AvgIpc) is 3.16. The van der Waals surface area contributed by atoms with E-state index in [9.17, 15) is 4.79 Å². The molecular formula is C19H26N4O3. The number of nitrogens with two attached hydrogens (primary N) is 1. The van der Waals surface area contributed by atoms with E-state index in [1.807, 2.05) is 36.1 Å². The summed E-state index contributed by atoms with van der Waals surface area (Å²) in [5, 5.41) is 4.01. The fourth-order valence-electron chi connectivity index (χ4n) is 3.13. The third kappa shape index (κ3) is 4.60. The molecule has 26 heavy (non-hydrogen) atoms. The first-order chi connectivity index (χ1) is 12.7. The maximum absolute atomic E-state index is 12.3. The molecule has 0 aliphatic carbocycles. The van der Waals surface area contributed by atoms with Crippen molar-refractivity contribution in [1.82, 2.24) is 15.0 Å². The Hall–Kier alpha value is -2.41. The van der Waals surface area contributed by atoms with Gasteiger partial charge >= 0.3 is 0 Å². The van der Waals surface area contributed by atoms with E-state index in [1.54, 1.807) is 0 Å². The lowest BCUT2D eigenvalue weighted by Gasteiger charge is -2.31. The summed E-state index contributed by atoms with van der Waals surface area (Å²) >= 11 is 0. The largest absolute Gasteiger partial charge is 0.494 e. The Kier molecular flexibility index (Phi) is 6.22. The smallest absolute Gasteiger partial charge is 0.227 e. The number of benzene rings is 1. The summed E-state index contributed by atoms with van der Waals surface area (Å²) in [7, 11) is 0. The Labute approximate surface area is 153 Å². The number of carbonyl (C=O) groups excluding carboxylic acids is 1. The Morgan fingerprint density at radius 2 is 2.04 bits per heavy atom. The topological polar surface area (TPSA) is 94.5 Å². The first kappa shape index (κ1) is 18.4. The SMILES string of the molecule is CCOc1ccc(-c2noc(CCC(=O)N3CCC(CN)CC3)n2)cc1. The summed E-state index contributed by atoms with van der Waals surface area (Å²) in [5.41, 5.74) is 6.55. The highest BCUT2D eigenvalue weighted by atomic mass is 16.5. The van der Waals surface area contributed by atoms with Crippen molar-refractivity contribution in [3.63, 3.8) is 0 Å². The second kappa shape index (κ2) is 8.80. The van der Waals surface area contributed by atoms with Crippen LogP contribution in [-0.4, -0.2) is 47.2 Å². The van der Waals surface area contributed by atoms with Crippen molar-refractivity contribution in [2.45, 2.75) is 32.6 Å². The maximum atomic E-state index is 12.3. The van der Waals surface area contributed by atoms with Crippen LogP contribution < -0.4 is 10.5 Å². The first-order valence-electron chi connectivity index (χ1n) is 9.23. The van der Waals surface area contributed by atoms with Crippen LogP contribution >= 0.6 is 0 Å². The van der Waals surface area contributed by atoms with Crippen LogP contribution in [0.2, 0.25) is 0 Å². The van der Waals surface area contributed by atoms with Gasteiger partial charge in [0.2, 0.25) is 17.6 Å². The van der Waals surface area contributed by atoms with Gasteiger partial charge in [0.05, 0.1) is 6.61 Å². The number of carbonyl (C=O) groups is 1. The van der Waals surface area contributed by atoms with Crippen LogP contribution in [0.3, 0.4) is 0 Å². The summed E-state index contributed by atoms with van der Waals surface area (Å²) in [6, 6.07) is 7.55. The number of aromatic nitrogens is 2. The minimum absolute atomic E-state index is 0.140. The van der Waals surface area contributed by atoms with Crippen molar-refractivity contribution in [3.8, 4) is 17.1 Å². The molecule has 1 aromatic heterocycles. The van der Waals surface area contributed by atoms with Gasteiger partial charge in [0.15, 0.2) is 0 Å². The van der Waals surface area contributed by atoms with Crippen molar-refractivity contribution in [2.24, 2.45) is 11.7 Å². The van der Waals surface area contributed by atoms with Gasteiger partial charge in [-0.15, -0.1) is 0 Å². The summed E-state index contributed by atoms with van der Waals surface area (Å²) in [6.45, 7) is 4.87. The van der Waals surface area contributed by atoms with E-state index in [2.05, 4.69) is 10.1 Å². The normalized spacial score (nSPS) is 15.2. The zero-order valence-corrected chi connectivity index (χ0v) is 15.2. The van der Waals surface area contributed by atoms with E-state index in [1.165, 1.54) is 0 Å². The molecule has 1 aliphatic heterocycles. The molecule has 1 amide bonds. The minimum atomic E-state index is 0.140. The summed E-state index contributed by atoms with van der Waals surface area (Å²) in [4.78, 5) is 18.6. The molecule has 1 fully saturated rings. The molecule has 1 aliphatic rings. The number of likely N-dealkylation sites (tertiary alicyclic amines) is 1. The maximum Gasteiger partial charge on any atom is 0.227 e. The quantitative estimate of drug-likeness (QED) is 0.816. The molecule has 0 radical (unpaired) electrons. The van der Waals surface area contributed by atoms with Crippen LogP contribution in [-0.2, 0) is 11.2 Å². The molecule has 0 spiro atoms. The monoisotopic (exact) mass is 358 g/mol. The van der Waals surface area contributed by atoms with Crippen LogP contribution in [0.15, 0.2) is 28.8 Å². The lowest BCUT2D eigenvalue weighted by Crippen LogP contribution is -2.40. The number of amides is 1. The Balaban J connectivity index is 1.51. The molecule has 0 saturated carbocycles. The zero-order chi connectivity index (χ0) is 18.4. The van der Waals surface area contributed by atoms with Gasteiger partial charge in [-0.1, -0.05) is 5.16 Å². The predicted octanol–water partition coefficient (Wildman–Crippen LogP) is 2.27. The van der Waals surface area contributed by atoms with Crippen LogP contribution in [0.5, 0.6) is 5.75 Å². The van der Waals surface area contributed by atoms with Crippen molar-refractivity contribution >= 4 is 5.91 Å². The molecule has 1 aromatic carbocycles. The van der Waals surface area contributed by atoms with Crippen molar-refractivity contribution < 1.29 is 14.1 Å². The molecular weight excluding hydrogens is 332 g/mol. The van der Waals surface area contributed by atoms with Gasteiger partial charge < -0.3 is 19.9 Å². The van der Waals surface area contributed by atoms with E-state index in [-0.39, 0.29) is 5.91 Å². The molecule has 7 nitrogen and oxygen atoms in total. The van der Waals surface area contributed by atoms with Gasteiger partial charge in [0.25, 0.3) is 0 Å². The van der Waals surface area contributed by atoms with E-state index in [0.29, 0.717) is 43.6 Å². The molecule has 0 unspecified atom stereocenters. The number of piperidine rings is 1. The lowest BCUT2D eigenvalue weighted by atomic mass is 9.97. The Morgan fingerprint density at radius 3 is 2.69 bits per heavy atom. The third-order valence-electron chi connectivity index (χ3n) is 4.74. The second-order valence-electron chi connectivity index (χ2n) is 6.53. The highest BCUT2D eigenvalue weighted by Gasteiger charge is 2.22. The van der Waals surface area contributed by atoms with Crippen LogP contribution in [0.1, 0.15) is 32.1 Å². The Bertz CT molecular complexity index is 706. The molecule has 140 valence electrons. The number of rotatable bonds is 7. The fourth-order valence-corrected chi connectivity index (χ4v) is 3.13. The first-order valence-corrected chi connectivity index (χ1v) is 9.23. The molecule has 7 heteroatoms. The van der Waals surface area contributed by atoms with E-state index >= 15 is 0 Å². The van der Waals surface area contributed by atoms with Gasteiger partial charge in [-0.05, 0) is 56.5 Å². The lowest BCUT2D eigenvalue weighted by molar-refractivity contribution is -0.132. The molecule has 1 saturated heterocycles. The summed E-state index contributed by atoms with van der Waals surface area (Å²) < 4.78 is 10.7. The molecule has 0 atom stereocenters. The van der Waals surface area contributed by atoms with Gasteiger partial charge in [0, 0.05) is 31.5 Å². The number of ether oxygens (including phenoxy) is 1. The molecule has 2 heterocycles. The minimum Gasteiger partial charge on any atom is -0.494 e. The number of aryl methyl sites for hydroxylation is 1. The number of hydrogen-bond donors (Lipinski definition) is 1. The standard InChI is InChI=1S/C19H26N4O3/c1-2-25-16-5-3-15(4-6-16)19-21-17(26-22-19)7-8-18(24)23-11-9-14(13-20)10-12-23/h3-6,14H,2,7-13,20H2,1H3. The molecule has 3 rings (SSSR count). The van der Waals surface area contributed by atoms with Crippen LogP contribution in [0.4, 0.5) is 0 Å². The molecule has 2 aromatic rings. The van der Waals surface area contributed by atoms with Crippen molar-refractivity contribution in [2.75, 3.05) is 26.2 Å². The highest BCUT2D eigenvalue weighted by Crippen LogP contribution is 2.21. The fraction of sp³-hybridized carbons (Fsp3) is 0.526. The van der Waals surface area contributed by atoms with Gasteiger partial charge in [0.1, 0.15) is 5.75 Å². The van der Waals surface area contributed by atoms with E-state index in [4.69, 9.17) is 15.0 Å². The number of hydrogen-bond acceptors (Lipinski definition) is 6. The van der Waals surface area contributed by atoms with Gasteiger partial charge in [-0.2, -0.15) is 4.98 Å². The van der Waals surface area contributed by atoms with Crippen LogP contribution in [0.25, 0.3) is 11.4 Å². The summed E-state index contributed by atoms with van der Waals surface area (Å²) in [5.74, 6) is 2.51.